The molecule has 0 radical (unpaired) electrons. The van der Waals surface area contributed by atoms with E-state index in [2.05, 4.69) is 62.0 Å². The van der Waals surface area contributed by atoms with Crippen molar-refractivity contribution in [3.63, 3.8) is 0 Å². The van der Waals surface area contributed by atoms with Crippen molar-refractivity contribution in [2.75, 3.05) is 99.4 Å². The number of aromatic nitrogens is 9. The fourth-order valence-electron chi connectivity index (χ4n) is 7.15. The number of carbonyl (C=O) groups excluding carboxylic acids is 5. The van der Waals surface area contributed by atoms with Gasteiger partial charge in [0, 0.05) is 92.1 Å². The highest BCUT2D eigenvalue weighted by Gasteiger charge is 2.33. The molecule has 1 atom stereocenters. The topological polar surface area (TPSA) is 349 Å². The van der Waals surface area contributed by atoms with Gasteiger partial charge in [0.05, 0.1) is 104 Å². The summed E-state index contributed by atoms with van der Waals surface area (Å²) < 4.78 is 58.9. The van der Waals surface area contributed by atoms with Crippen LogP contribution >= 0.6 is 7.82 Å². The monoisotopic (exact) mass is 1100 g/mol. The molecule has 0 aliphatic heterocycles. The molecule has 0 bridgehead atoms. The summed E-state index contributed by atoms with van der Waals surface area (Å²) in [5.41, 5.74) is 0.890. The molecule has 30 heteroatoms. The standard InChI is InChI=1S/C46H81N14O15P/c1-58-32-38(52-55-58)35-72-29-26-69-23-19-48-42(62)12-15-46(16-13-43(63)49-20-24-70-27-30-73-36-39-33-59(2)56-53-39,17-14-44(64)50-21-25-71-28-31-74-37-40-34-60(3)57-54-40)51-45(65)11-9-10-41(61)47-18-7-5-6-8-22-75-76(66,67)68-4/h32-34H,5-31,35-37H2,1-4H3,(H,47,61)(H,48,62)(H,49,63)(H,50,64)(H,51,65)(H,66,67). The molecule has 0 saturated heterocycles. The molecule has 6 N–H and O–H groups in total. The Bertz CT molecular complexity index is 1970. The Hall–Kier alpha value is -5.36. The fraction of sp³-hybridized carbons (Fsp3) is 0.761. The van der Waals surface area contributed by atoms with Gasteiger partial charge in [0.1, 0.15) is 17.1 Å². The van der Waals surface area contributed by atoms with Gasteiger partial charge in [0.2, 0.25) is 29.5 Å². The van der Waals surface area contributed by atoms with Gasteiger partial charge in [0.15, 0.2) is 0 Å². The van der Waals surface area contributed by atoms with Gasteiger partial charge in [0.25, 0.3) is 0 Å². The Morgan fingerprint density at radius 3 is 1.25 bits per heavy atom. The number of ether oxygens (including phenoxy) is 6. The van der Waals surface area contributed by atoms with Crippen LogP contribution in [0.2, 0.25) is 0 Å². The molecule has 0 saturated carbocycles. The Balaban J connectivity index is 1.55. The molecule has 430 valence electrons. The van der Waals surface area contributed by atoms with E-state index in [1.165, 1.54) is 0 Å². The van der Waals surface area contributed by atoms with E-state index in [0.717, 1.165) is 20.0 Å². The first-order chi connectivity index (χ1) is 36.7. The summed E-state index contributed by atoms with van der Waals surface area (Å²) >= 11 is 0. The second-order valence-corrected chi connectivity index (χ2v) is 19.2. The number of amides is 5. The van der Waals surface area contributed by atoms with Gasteiger partial charge in [-0.2, -0.15) is 0 Å². The normalized spacial score (nSPS) is 12.3. The lowest BCUT2D eigenvalue weighted by Gasteiger charge is -2.35. The number of carbonyl (C=O) groups is 5. The maximum atomic E-state index is 13.7. The molecule has 0 aliphatic rings. The van der Waals surface area contributed by atoms with Gasteiger partial charge >= 0.3 is 7.82 Å². The van der Waals surface area contributed by atoms with Crippen molar-refractivity contribution < 1.29 is 70.9 Å². The molecular formula is C46H81N14O15P. The van der Waals surface area contributed by atoms with Crippen molar-refractivity contribution in [3.05, 3.63) is 35.7 Å². The van der Waals surface area contributed by atoms with Gasteiger partial charge in [-0.1, -0.05) is 28.5 Å². The molecule has 0 aromatic carbocycles. The van der Waals surface area contributed by atoms with Crippen LogP contribution < -0.4 is 26.6 Å². The van der Waals surface area contributed by atoms with E-state index in [4.69, 9.17) is 32.9 Å². The first-order valence-corrected chi connectivity index (χ1v) is 27.1. The number of nitrogens with zero attached hydrogens (tertiary/aromatic N) is 9. The van der Waals surface area contributed by atoms with Crippen LogP contribution in [0.5, 0.6) is 0 Å². The smallest absolute Gasteiger partial charge is 0.377 e. The summed E-state index contributed by atoms with van der Waals surface area (Å²) in [4.78, 5) is 75.6. The number of phosphoric acid groups is 1. The molecule has 5 amide bonds. The predicted octanol–water partition coefficient (Wildman–Crippen LogP) is 0.227. The zero-order valence-corrected chi connectivity index (χ0v) is 45.5. The Labute approximate surface area is 443 Å². The summed E-state index contributed by atoms with van der Waals surface area (Å²) in [5.74, 6) is -1.60. The molecule has 0 fully saturated rings. The number of unbranched alkanes of at least 4 members (excludes halogenated alkanes) is 3. The van der Waals surface area contributed by atoms with Crippen molar-refractivity contribution in [2.24, 2.45) is 21.1 Å². The van der Waals surface area contributed by atoms with Crippen LogP contribution in [0, 0.1) is 0 Å². The van der Waals surface area contributed by atoms with Crippen molar-refractivity contribution in [3.8, 4) is 0 Å². The van der Waals surface area contributed by atoms with Crippen LogP contribution in [0.25, 0.3) is 0 Å². The quantitative estimate of drug-likeness (QED) is 0.0326. The number of rotatable bonds is 47. The molecule has 76 heavy (non-hydrogen) atoms. The van der Waals surface area contributed by atoms with E-state index in [-0.39, 0.29) is 147 Å². The van der Waals surface area contributed by atoms with Crippen LogP contribution in [0.3, 0.4) is 0 Å². The Morgan fingerprint density at radius 1 is 0.487 bits per heavy atom. The van der Waals surface area contributed by atoms with Gasteiger partial charge in [-0.15, -0.1) is 15.3 Å². The summed E-state index contributed by atoms with van der Waals surface area (Å²) in [7, 11) is 2.38. The highest BCUT2D eigenvalue weighted by atomic mass is 31.2. The molecule has 3 aromatic heterocycles. The van der Waals surface area contributed by atoms with Gasteiger partial charge in [-0.05, 0) is 38.5 Å². The number of aryl methyl sites for hydroxylation is 3. The third-order valence-corrected chi connectivity index (χ3v) is 12.1. The Morgan fingerprint density at radius 2 is 0.855 bits per heavy atom. The fourth-order valence-corrected chi connectivity index (χ4v) is 7.61. The molecule has 3 rings (SSSR count). The second kappa shape index (κ2) is 39.1. The minimum absolute atomic E-state index is 0.0324. The van der Waals surface area contributed by atoms with E-state index in [0.29, 0.717) is 76.1 Å². The van der Waals surface area contributed by atoms with Crippen molar-refractivity contribution in [1.82, 2.24) is 71.6 Å². The number of phosphoric ester groups is 1. The van der Waals surface area contributed by atoms with E-state index < -0.39 is 19.3 Å². The average molecular weight is 1100 g/mol. The van der Waals surface area contributed by atoms with E-state index >= 15 is 0 Å². The molecule has 0 spiro atoms. The van der Waals surface area contributed by atoms with Crippen molar-refractivity contribution in [1.29, 1.82) is 0 Å². The summed E-state index contributed by atoms with van der Waals surface area (Å²) in [6.07, 6.45) is 8.36. The highest BCUT2D eigenvalue weighted by Crippen LogP contribution is 2.42. The maximum absolute atomic E-state index is 13.7. The van der Waals surface area contributed by atoms with Crippen LogP contribution in [-0.4, -0.2) is 184 Å². The summed E-state index contributed by atoms with van der Waals surface area (Å²) in [5, 5.41) is 37.9. The molecule has 3 aromatic rings. The predicted molar refractivity (Wildman–Crippen MR) is 270 cm³/mol. The summed E-state index contributed by atoms with van der Waals surface area (Å²) in [6.45, 7) is 4.44. The SMILES string of the molecule is COP(=O)(O)OCCCCCCNC(=O)CCCC(=O)NC(CCC(=O)NCCOCCOCc1cn(C)nn1)(CCC(=O)NCCOCCOCc1cn(C)nn1)CCC(=O)NCCOCCOCc1cn(C)nn1. The van der Waals surface area contributed by atoms with Crippen LogP contribution in [-0.2, 0) is 107 Å². The largest absolute Gasteiger partial charge is 0.471 e. The van der Waals surface area contributed by atoms with Gasteiger partial charge in [-0.25, -0.2) is 4.57 Å². The van der Waals surface area contributed by atoms with E-state index in [1.54, 1.807) is 53.8 Å². The van der Waals surface area contributed by atoms with Crippen molar-refractivity contribution >= 4 is 37.4 Å². The molecule has 1 unspecified atom stereocenters. The lowest BCUT2D eigenvalue weighted by molar-refractivity contribution is -0.128. The third kappa shape index (κ3) is 32.3. The first-order valence-electron chi connectivity index (χ1n) is 25.6. The van der Waals surface area contributed by atoms with Crippen LogP contribution in [0.1, 0.15) is 101 Å². The maximum Gasteiger partial charge on any atom is 0.471 e. The number of hydrogen-bond acceptors (Lipinski definition) is 20. The van der Waals surface area contributed by atoms with Gasteiger partial charge in [-0.3, -0.25) is 47.1 Å². The van der Waals surface area contributed by atoms with Crippen molar-refractivity contribution in [2.45, 2.75) is 109 Å². The van der Waals surface area contributed by atoms with E-state index in [9.17, 15) is 33.4 Å². The highest BCUT2D eigenvalue weighted by molar-refractivity contribution is 7.47. The zero-order valence-electron chi connectivity index (χ0n) is 44.6. The summed E-state index contributed by atoms with van der Waals surface area (Å²) in [6, 6.07) is 0. The molecule has 29 nitrogen and oxygen atoms in total. The molecule has 3 heterocycles. The Kier molecular flexibility index (Phi) is 33.4. The lowest BCUT2D eigenvalue weighted by atomic mass is 9.82. The van der Waals surface area contributed by atoms with E-state index in [1.807, 2.05) is 0 Å². The molecule has 0 aliphatic carbocycles. The minimum atomic E-state index is -4.01. The lowest BCUT2D eigenvalue weighted by Crippen LogP contribution is -2.50. The van der Waals surface area contributed by atoms with Gasteiger partial charge < -0.3 is 59.9 Å². The molecular weight excluding hydrogens is 1020 g/mol. The third-order valence-electron chi connectivity index (χ3n) is 11.1. The van der Waals surface area contributed by atoms with Crippen LogP contribution in [0.15, 0.2) is 18.6 Å². The first kappa shape index (κ1) is 64.9. The van der Waals surface area contributed by atoms with Crippen LogP contribution in [0.4, 0.5) is 0 Å². The zero-order chi connectivity index (χ0) is 55.1. The second-order valence-electron chi connectivity index (χ2n) is 17.6. The minimum Gasteiger partial charge on any atom is -0.377 e. The number of hydrogen-bond donors (Lipinski definition) is 6. The number of nitrogens with one attached hydrogen (secondary N) is 5. The average Bonchev–Trinajstić information content (AvgIpc) is 4.14.